The van der Waals surface area contributed by atoms with Gasteiger partial charge in [-0.2, -0.15) is 13.2 Å². The fourth-order valence-electron chi connectivity index (χ4n) is 1.92. The van der Waals surface area contributed by atoms with E-state index in [-0.39, 0.29) is 11.8 Å². The molecule has 2 rings (SSSR count). The van der Waals surface area contributed by atoms with Crippen molar-refractivity contribution < 1.29 is 18.0 Å². The number of rotatable bonds is 3. The smallest absolute Gasteiger partial charge is 0.298 e. The van der Waals surface area contributed by atoms with E-state index in [4.69, 9.17) is 0 Å². The molecular formula is C15H12F3NOS. The van der Waals surface area contributed by atoms with Crippen molar-refractivity contribution in [1.82, 2.24) is 4.98 Å². The third-order valence-corrected chi connectivity index (χ3v) is 3.66. The Morgan fingerprint density at radius 1 is 1.14 bits per heavy atom. The van der Waals surface area contributed by atoms with Crippen molar-refractivity contribution in [1.29, 1.82) is 0 Å². The van der Waals surface area contributed by atoms with Crippen LogP contribution in [0.25, 0.3) is 0 Å². The summed E-state index contributed by atoms with van der Waals surface area (Å²) in [7, 11) is 0. The number of hydrogen-bond acceptors (Lipinski definition) is 3. The van der Waals surface area contributed by atoms with E-state index < -0.39 is 11.7 Å². The Bertz CT molecular complexity index is 663. The first kappa shape index (κ1) is 15.6. The van der Waals surface area contributed by atoms with Crippen molar-refractivity contribution >= 4 is 18.0 Å². The van der Waals surface area contributed by atoms with Crippen molar-refractivity contribution in [2.75, 3.05) is 0 Å². The number of pyridine rings is 1. The highest BCUT2D eigenvalue weighted by Gasteiger charge is 2.33. The van der Waals surface area contributed by atoms with Crippen molar-refractivity contribution in [3.8, 4) is 0 Å². The average molecular weight is 311 g/mol. The number of carbonyl (C=O) groups excluding carboxylic acids is 1. The summed E-state index contributed by atoms with van der Waals surface area (Å²) < 4.78 is 38.7. The first-order valence-electron chi connectivity index (χ1n) is 6.09. The van der Waals surface area contributed by atoms with E-state index in [1.54, 1.807) is 6.07 Å². The summed E-state index contributed by atoms with van der Waals surface area (Å²) in [6.45, 7) is 3.73. The van der Waals surface area contributed by atoms with Crippen LogP contribution < -0.4 is 0 Å². The average Bonchev–Trinajstić information content (AvgIpc) is 2.36. The summed E-state index contributed by atoms with van der Waals surface area (Å²) in [5.41, 5.74) is 0.510. The monoisotopic (exact) mass is 311 g/mol. The quantitative estimate of drug-likeness (QED) is 0.771. The molecule has 1 aromatic heterocycles. The predicted molar refractivity (Wildman–Crippen MR) is 74.7 cm³/mol. The molecule has 0 spiro atoms. The molecule has 0 N–H and O–H groups in total. The van der Waals surface area contributed by atoms with Gasteiger partial charge in [0.2, 0.25) is 0 Å². The maximum atomic E-state index is 12.9. The normalized spacial score (nSPS) is 11.5. The number of aldehydes is 1. The molecule has 0 radical (unpaired) electrons. The van der Waals surface area contributed by atoms with Crippen LogP contribution in [0.2, 0.25) is 0 Å². The molecule has 21 heavy (non-hydrogen) atoms. The largest absolute Gasteiger partial charge is 0.417 e. The summed E-state index contributed by atoms with van der Waals surface area (Å²) in [4.78, 5) is 15.4. The number of aromatic nitrogens is 1. The molecule has 0 amide bonds. The lowest BCUT2D eigenvalue weighted by Gasteiger charge is -2.11. The number of nitrogens with zero attached hydrogens (tertiary/aromatic N) is 1. The van der Waals surface area contributed by atoms with Crippen molar-refractivity contribution in [3.05, 3.63) is 52.7 Å². The predicted octanol–water partition coefficient (Wildman–Crippen LogP) is 4.68. The third kappa shape index (κ3) is 3.85. The van der Waals surface area contributed by atoms with Gasteiger partial charge < -0.3 is 0 Å². The van der Waals surface area contributed by atoms with Gasteiger partial charge in [0.05, 0.1) is 5.56 Å². The minimum absolute atomic E-state index is 0.215. The summed E-state index contributed by atoms with van der Waals surface area (Å²) in [5, 5.41) is 0.625. The second-order valence-corrected chi connectivity index (χ2v) is 5.68. The van der Waals surface area contributed by atoms with Gasteiger partial charge in [-0.25, -0.2) is 4.98 Å². The van der Waals surface area contributed by atoms with Crippen molar-refractivity contribution in [3.63, 3.8) is 0 Å². The minimum Gasteiger partial charge on any atom is -0.298 e. The highest BCUT2D eigenvalue weighted by Crippen LogP contribution is 2.36. The molecule has 1 heterocycles. The summed E-state index contributed by atoms with van der Waals surface area (Å²) in [5.74, 6) is 0. The van der Waals surface area contributed by atoms with Gasteiger partial charge in [0.15, 0.2) is 6.29 Å². The van der Waals surface area contributed by atoms with Gasteiger partial charge in [0.25, 0.3) is 0 Å². The molecule has 0 aliphatic rings. The fraction of sp³-hybridized carbons (Fsp3) is 0.200. The zero-order chi connectivity index (χ0) is 15.6. The van der Waals surface area contributed by atoms with Gasteiger partial charge in [-0.15, -0.1) is 0 Å². The van der Waals surface area contributed by atoms with Crippen LogP contribution in [-0.4, -0.2) is 11.3 Å². The number of alkyl halides is 3. The molecule has 2 aromatic rings. The summed E-state index contributed by atoms with van der Waals surface area (Å²) in [6, 6.07) is 7.34. The van der Waals surface area contributed by atoms with Crippen molar-refractivity contribution in [2.45, 2.75) is 29.9 Å². The zero-order valence-corrected chi connectivity index (χ0v) is 12.2. The van der Waals surface area contributed by atoms with Crippen LogP contribution in [0.15, 0.2) is 40.3 Å². The molecule has 110 valence electrons. The Morgan fingerprint density at radius 2 is 1.86 bits per heavy atom. The minimum atomic E-state index is -4.55. The lowest BCUT2D eigenvalue weighted by molar-refractivity contribution is -0.138. The van der Waals surface area contributed by atoms with E-state index in [2.05, 4.69) is 4.98 Å². The molecule has 0 bridgehead atoms. The van der Waals surface area contributed by atoms with Crippen LogP contribution in [0, 0.1) is 13.8 Å². The van der Waals surface area contributed by atoms with Gasteiger partial charge >= 0.3 is 6.18 Å². The number of carbonyl (C=O) groups is 1. The lowest BCUT2D eigenvalue weighted by Crippen LogP contribution is -2.08. The number of halogens is 3. The van der Waals surface area contributed by atoms with Crippen LogP contribution in [0.5, 0.6) is 0 Å². The molecule has 0 aliphatic heterocycles. The van der Waals surface area contributed by atoms with Crippen LogP contribution >= 0.6 is 11.8 Å². The van der Waals surface area contributed by atoms with Crippen LogP contribution in [0.3, 0.4) is 0 Å². The van der Waals surface area contributed by atoms with Crippen LogP contribution in [-0.2, 0) is 6.18 Å². The topological polar surface area (TPSA) is 30.0 Å². The van der Waals surface area contributed by atoms with Gasteiger partial charge in [-0.3, -0.25) is 4.79 Å². The first-order chi connectivity index (χ1) is 9.79. The first-order valence-corrected chi connectivity index (χ1v) is 6.91. The Kier molecular flexibility index (Phi) is 4.37. The Morgan fingerprint density at radius 3 is 2.43 bits per heavy atom. The zero-order valence-electron chi connectivity index (χ0n) is 11.4. The van der Waals surface area contributed by atoms with Crippen molar-refractivity contribution in [2.24, 2.45) is 0 Å². The fourth-order valence-corrected chi connectivity index (χ4v) is 2.91. The summed E-state index contributed by atoms with van der Waals surface area (Å²) >= 11 is 1.14. The summed E-state index contributed by atoms with van der Waals surface area (Å²) in [6.07, 6.45) is -4.34. The maximum Gasteiger partial charge on any atom is 0.417 e. The van der Waals surface area contributed by atoms with E-state index in [9.17, 15) is 18.0 Å². The van der Waals surface area contributed by atoms with E-state index in [0.29, 0.717) is 9.92 Å². The van der Waals surface area contributed by atoms with Crippen LogP contribution in [0.4, 0.5) is 13.2 Å². The molecular weight excluding hydrogens is 299 g/mol. The van der Waals surface area contributed by atoms with Gasteiger partial charge in [0.1, 0.15) is 5.03 Å². The standard InChI is InChI=1S/C15H12F3NOS/c1-9-5-10(2)19-14(6-9)21-12-4-3-11(8-20)13(7-12)15(16,17)18/h3-8H,1-2H3. The van der Waals surface area contributed by atoms with Gasteiger partial charge in [0, 0.05) is 16.2 Å². The molecule has 0 fully saturated rings. The molecule has 1 aromatic carbocycles. The number of benzene rings is 1. The Labute approximate surface area is 124 Å². The van der Waals surface area contributed by atoms with E-state index in [0.717, 1.165) is 29.1 Å². The van der Waals surface area contributed by atoms with Crippen LogP contribution in [0.1, 0.15) is 27.2 Å². The highest BCUT2D eigenvalue weighted by atomic mass is 32.2. The number of aryl methyl sites for hydroxylation is 2. The van der Waals surface area contributed by atoms with Gasteiger partial charge in [-0.05, 0) is 49.7 Å². The molecule has 0 atom stereocenters. The van der Waals surface area contributed by atoms with Gasteiger partial charge in [-0.1, -0.05) is 11.8 Å². The van der Waals surface area contributed by atoms with E-state index in [1.807, 2.05) is 19.9 Å². The maximum absolute atomic E-state index is 12.9. The second-order valence-electron chi connectivity index (χ2n) is 4.59. The highest BCUT2D eigenvalue weighted by molar-refractivity contribution is 7.99. The second kappa shape index (κ2) is 5.89. The number of hydrogen-bond donors (Lipinski definition) is 0. The SMILES string of the molecule is Cc1cc(C)nc(Sc2ccc(C=O)c(C(F)(F)F)c2)c1. The molecule has 2 nitrogen and oxygen atoms in total. The van der Waals surface area contributed by atoms with E-state index in [1.165, 1.54) is 12.1 Å². The Balaban J connectivity index is 2.39. The molecule has 6 heteroatoms. The lowest BCUT2D eigenvalue weighted by atomic mass is 10.1. The molecule has 0 saturated heterocycles. The molecule has 0 saturated carbocycles. The van der Waals surface area contributed by atoms with E-state index >= 15 is 0 Å². The molecule has 0 unspecified atom stereocenters. The molecule has 0 aliphatic carbocycles. The third-order valence-electron chi connectivity index (χ3n) is 2.75. The Hall–Kier alpha value is -1.82.